The number of carbonyl (C=O) groups is 1. The van der Waals surface area contributed by atoms with Crippen molar-refractivity contribution in [2.24, 2.45) is 0 Å². The highest BCUT2D eigenvalue weighted by molar-refractivity contribution is 7.60. The lowest BCUT2D eigenvalue weighted by Gasteiger charge is -2.29. The first-order valence-corrected chi connectivity index (χ1v) is 7.62. The van der Waals surface area contributed by atoms with E-state index in [0.717, 1.165) is 0 Å². The Bertz CT molecular complexity index is 527. The number of rotatable bonds is 3. The van der Waals surface area contributed by atoms with Crippen LogP contribution in [0.15, 0.2) is 24.3 Å². The van der Waals surface area contributed by atoms with E-state index in [1.165, 1.54) is 6.07 Å². The molecule has 1 saturated heterocycles. The summed E-state index contributed by atoms with van der Waals surface area (Å²) in [5, 5.41) is 11.9. The van der Waals surface area contributed by atoms with Gasteiger partial charge in [0.25, 0.3) is 0 Å². The third-order valence-electron chi connectivity index (χ3n) is 3.39. The zero-order valence-electron chi connectivity index (χ0n) is 10.2. The molecule has 0 unspecified atom stereocenters. The smallest absolute Gasteiger partial charge is 0.356 e. The molecule has 2 atom stereocenters. The van der Waals surface area contributed by atoms with Gasteiger partial charge in [-0.05, 0) is 36.9 Å². The first-order valence-electron chi connectivity index (χ1n) is 6.01. The molecule has 0 spiro atoms. The topological polar surface area (TPSA) is 107 Å². The Labute approximate surface area is 110 Å². The average Bonchev–Trinajstić information content (AvgIpc) is 2.38. The summed E-state index contributed by atoms with van der Waals surface area (Å²) in [6.07, 6.45) is 1.01. The van der Waals surface area contributed by atoms with Crippen LogP contribution >= 0.6 is 7.60 Å². The maximum Gasteiger partial charge on any atom is 0.356 e. The maximum atomic E-state index is 11.5. The summed E-state index contributed by atoms with van der Waals surface area (Å²) in [7, 11) is -4.33. The van der Waals surface area contributed by atoms with Crippen LogP contribution < -0.4 is 10.6 Å². The Hall–Kier alpha value is -1.20. The second kappa shape index (κ2) is 5.43. The quantitative estimate of drug-likeness (QED) is 0.599. The van der Waals surface area contributed by atoms with Gasteiger partial charge < -0.3 is 20.2 Å². The number of aliphatic carboxylic acids is 1. The molecule has 1 aliphatic rings. The molecule has 1 aromatic rings. The van der Waals surface area contributed by atoms with Crippen molar-refractivity contribution in [2.75, 3.05) is 6.54 Å². The van der Waals surface area contributed by atoms with Gasteiger partial charge in [-0.2, -0.15) is 0 Å². The molecule has 7 heteroatoms. The summed E-state index contributed by atoms with van der Waals surface area (Å²) in [6, 6.07) is 5.71. The average molecular weight is 285 g/mol. The standard InChI is InChI=1S/C12H16NO5P/c14-12(15)10-7-8(5-6-13-10)9-3-1-2-4-11(9)19(16,17)18/h1-4,8,10,13H,5-7H2,(H,14,15)(H2,16,17,18)/t8-,10+/m0/s1. The summed E-state index contributed by atoms with van der Waals surface area (Å²) in [5.41, 5.74) is 0.559. The Morgan fingerprint density at radius 2 is 2.00 bits per heavy atom. The van der Waals surface area contributed by atoms with Gasteiger partial charge in [0.15, 0.2) is 0 Å². The number of carboxylic acids is 1. The fourth-order valence-electron chi connectivity index (χ4n) is 2.49. The molecule has 104 valence electrons. The number of hydrogen-bond acceptors (Lipinski definition) is 3. The van der Waals surface area contributed by atoms with Gasteiger partial charge in [-0.3, -0.25) is 9.36 Å². The lowest BCUT2D eigenvalue weighted by molar-refractivity contribution is -0.140. The van der Waals surface area contributed by atoms with Crippen molar-refractivity contribution in [3.05, 3.63) is 29.8 Å². The van der Waals surface area contributed by atoms with Gasteiger partial charge in [0, 0.05) is 0 Å². The molecule has 1 heterocycles. The number of nitrogens with one attached hydrogen (secondary N) is 1. The Balaban J connectivity index is 2.32. The van der Waals surface area contributed by atoms with Crippen molar-refractivity contribution >= 4 is 18.9 Å². The van der Waals surface area contributed by atoms with Crippen molar-refractivity contribution in [2.45, 2.75) is 24.8 Å². The zero-order chi connectivity index (χ0) is 14.0. The minimum absolute atomic E-state index is 0.00559. The Kier molecular flexibility index (Phi) is 4.06. The molecule has 6 nitrogen and oxygen atoms in total. The minimum Gasteiger partial charge on any atom is -0.480 e. The van der Waals surface area contributed by atoms with E-state index in [1.807, 2.05) is 0 Å². The van der Waals surface area contributed by atoms with Crippen LogP contribution in [0.3, 0.4) is 0 Å². The first-order chi connectivity index (χ1) is 8.89. The van der Waals surface area contributed by atoms with Crippen molar-refractivity contribution in [1.29, 1.82) is 0 Å². The Morgan fingerprint density at radius 1 is 1.32 bits per heavy atom. The van der Waals surface area contributed by atoms with Crippen molar-refractivity contribution < 1.29 is 24.3 Å². The third kappa shape index (κ3) is 3.22. The number of benzene rings is 1. The van der Waals surface area contributed by atoms with Gasteiger partial charge in [-0.1, -0.05) is 18.2 Å². The van der Waals surface area contributed by atoms with E-state index in [2.05, 4.69) is 5.32 Å². The van der Waals surface area contributed by atoms with E-state index in [0.29, 0.717) is 24.9 Å². The summed E-state index contributed by atoms with van der Waals surface area (Å²) in [5.74, 6) is -1.08. The summed E-state index contributed by atoms with van der Waals surface area (Å²) in [4.78, 5) is 29.7. The van der Waals surface area contributed by atoms with Crippen LogP contribution in [-0.2, 0) is 9.36 Å². The molecule has 0 aliphatic carbocycles. The van der Waals surface area contributed by atoms with Gasteiger partial charge in [-0.15, -0.1) is 0 Å². The highest BCUT2D eigenvalue weighted by Gasteiger charge is 2.31. The molecule has 0 bridgehead atoms. The molecule has 19 heavy (non-hydrogen) atoms. The zero-order valence-corrected chi connectivity index (χ0v) is 11.1. The van der Waals surface area contributed by atoms with Crippen LogP contribution in [0.25, 0.3) is 0 Å². The van der Waals surface area contributed by atoms with E-state index < -0.39 is 19.6 Å². The van der Waals surface area contributed by atoms with Crippen LogP contribution in [0.1, 0.15) is 24.3 Å². The molecule has 0 saturated carbocycles. The monoisotopic (exact) mass is 285 g/mol. The fraction of sp³-hybridized carbons (Fsp3) is 0.417. The maximum absolute atomic E-state index is 11.5. The van der Waals surface area contributed by atoms with Crippen molar-refractivity contribution in [3.8, 4) is 0 Å². The lowest BCUT2D eigenvalue weighted by atomic mass is 9.86. The number of hydrogen-bond donors (Lipinski definition) is 4. The third-order valence-corrected chi connectivity index (χ3v) is 4.43. The molecule has 1 fully saturated rings. The van der Waals surface area contributed by atoms with Crippen molar-refractivity contribution in [3.63, 3.8) is 0 Å². The van der Waals surface area contributed by atoms with Gasteiger partial charge in [0.2, 0.25) is 0 Å². The predicted molar refractivity (Wildman–Crippen MR) is 69.5 cm³/mol. The first kappa shape index (κ1) is 14.2. The lowest BCUT2D eigenvalue weighted by Crippen LogP contribution is -2.43. The summed E-state index contributed by atoms with van der Waals surface area (Å²) < 4.78 is 11.5. The van der Waals surface area contributed by atoms with Crippen LogP contribution in [0, 0.1) is 0 Å². The molecule has 1 aliphatic heterocycles. The minimum atomic E-state index is -4.33. The molecular weight excluding hydrogens is 269 g/mol. The number of piperidine rings is 1. The predicted octanol–water partition coefficient (Wildman–Crippen LogP) is 0.410. The van der Waals surface area contributed by atoms with E-state index in [-0.39, 0.29) is 11.2 Å². The fourth-order valence-corrected chi connectivity index (χ4v) is 3.36. The number of carboxylic acid groups (broad SMARTS) is 1. The van der Waals surface area contributed by atoms with E-state index in [9.17, 15) is 19.1 Å². The molecule has 1 aromatic carbocycles. The molecule has 0 radical (unpaired) electrons. The van der Waals surface area contributed by atoms with Gasteiger partial charge >= 0.3 is 13.6 Å². The summed E-state index contributed by atoms with van der Waals surface area (Å²) >= 11 is 0. The van der Waals surface area contributed by atoms with Crippen molar-refractivity contribution in [1.82, 2.24) is 5.32 Å². The van der Waals surface area contributed by atoms with Gasteiger partial charge in [0.05, 0.1) is 5.30 Å². The largest absolute Gasteiger partial charge is 0.480 e. The molecule has 2 rings (SSSR count). The molecular formula is C12H16NO5P. The van der Waals surface area contributed by atoms with Crippen LogP contribution in [0.2, 0.25) is 0 Å². The highest BCUT2D eigenvalue weighted by Crippen LogP contribution is 2.38. The Morgan fingerprint density at radius 3 is 2.63 bits per heavy atom. The van der Waals surface area contributed by atoms with Gasteiger partial charge in [-0.25, -0.2) is 0 Å². The van der Waals surface area contributed by atoms with E-state index in [4.69, 9.17) is 5.11 Å². The van der Waals surface area contributed by atoms with E-state index >= 15 is 0 Å². The summed E-state index contributed by atoms with van der Waals surface area (Å²) in [6.45, 7) is 0.525. The van der Waals surface area contributed by atoms with Crippen LogP contribution in [0.5, 0.6) is 0 Å². The normalized spacial score (nSPS) is 24.1. The molecule has 0 aromatic heterocycles. The van der Waals surface area contributed by atoms with Crippen LogP contribution in [-0.4, -0.2) is 33.4 Å². The van der Waals surface area contributed by atoms with Crippen LogP contribution in [0.4, 0.5) is 0 Å². The molecule has 0 amide bonds. The van der Waals surface area contributed by atoms with Gasteiger partial charge in [0.1, 0.15) is 6.04 Å². The second-order valence-electron chi connectivity index (χ2n) is 4.67. The molecule has 4 N–H and O–H groups in total. The highest BCUT2D eigenvalue weighted by atomic mass is 31.2. The second-order valence-corrected chi connectivity index (χ2v) is 6.24. The van der Waals surface area contributed by atoms with E-state index in [1.54, 1.807) is 18.2 Å². The SMILES string of the molecule is O=C(O)[C@H]1C[C@@H](c2ccccc2P(=O)(O)O)CCN1.